The van der Waals surface area contributed by atoms with Crippen LogP contribution in [0.3, 0.4) is 0 Å². The van der Waals surface area contributed by atoms with Gasteiger partial charge < -0.3 is 9.47 Å². The van der Waals surface area contributed by atoms with Crippen LogP contribution in [0.2, 0.25) is 0 Å². The molecule has 3 heteroatoms. The number of rotatable bonds is 4. The van der Waals surface area contributed by atoms with E-state index < -0.39 is 0 Å². The Balaban J connectivity index is 1.71. The fourth-order valence-corrected chi connectivity index (χ4v) is 3.14. The largest absolute Gasteiger partial charge is 0.370 e. The summed E-state index contributed by atoms with van der Waals surface area (Å²) in [6, 6.07) is 6.75. The quantitative estimate of drug-likeness (QED) is 0.778. The Morgan fingerprint density at radius 2 is 2.10 bits per heavy atom. The smallest absolute Gasteiger partial charge is 0.128 e. The molecule has 1 saturated heterocycles. The Labute approximate surface area is 119 Å². The lowest BCUT2D eigenvalue weighted by Gasteiger charge is -2.27. The highest BCUT2D eigenvalue weighted by Crippen LogP contribution is 2.50. The van der Waals surface area contributed by atoms with Crippen LogP contribution in [0, 0.1) is 11.7 Å². The fraction of sp³-hybridized carbons (Fsp3) is 0.529. The highest BCUT2D eigenvalue weighted by atomic mass is 19.1. The molecule has 0 aromatic heterocycles. The SMILES string of the molecule is CC(C)[C@@]12C=C[C@@](C)(O1)[C@@H](OCc1ccccc1F)C2. The summed E-state index contributed by atoms with van der Waals surface area (Å²) in [5, 5.41) is 0. The van der Waals surface area contributed by atoms with Gasteiger partial charge in [-0.1, -0.05) is 44.2 Å². The number of hydrogen-bond acceptors (Lipinski definition) is 2. The normalized spacial score (nSPS) is 35.1. The zero-order valence-electron chi connectivity index (χ0n) is 12.2. The van der Waals surface area contributed by atoms with Gasteiger partial charge in [-0.25, -0.2) is 4.39 Å². The van der Waals surface area contributed by atoms with Gasteiger partial charge in [-0.2, -0.15) is 0 Å². The Kier molecular flexibility index (Phi) is 3.22. The van der Waals surface area contributed by atoms with E-state index in [0.717, 1.165) is 6.42 Å². The van der Waals surface area contributed by atoms with Gasteiger partial charge in [0.25, 0.3) is 0 Å². The molecule has 0 radical (unpaired) electrons. The van der Waals surface area contributed by atoms with E-state index in [4.69, 9.17) is 9.47 Å². The maximum absolute atomic E-state index is 13.6. The summed E-state index contributed by atoms with van der Waals surface area (Å²) >= 11 is 0. The van der Waals surface area contributed by atoms with Gasteiger partial charge in [0.05, 0.1) is 18.3 Å². The Bertz CT molecular complexity index is 540. The van der Waals surface area contributed by atoms with Crippen molar-refractivity contribution in [1.29, 1.82) is 0 Å². The van der Waals surface area contributed by atoms with E-state index in [1.807, 2.05) is 13.0 Å². The molecule has 0 amide bonds. The third-order valence-corrected chi connectivity index (χ3v) is 4.63. The number of halogens is 1. The van der Waals surface area contributed by atoms with Crippen molar-refractivity contribution in [1.82, 2.24) is 0 Å². The second-order valence-corrected chi connectivity index (χ2v) is 6.32. The molecule has 1 fully saturated rings. The summed E-state index contributed by atoms with van der Waals surface area (Å²) < 4.78 is 25.8. The van der Waals surface area contributed by atoms with Crippen LogP contribution in [-0.4, -0.2) is 17.3 Å². The first-order valence-electron chi connectivity index (χ1n) is 7.21. The summed E-state index contributed by atoms with van der Waals surface area (Å²) in [5.41, 5.74) is 0.00549. The monoisotopic (exact) mass is 276 g/mol. The van der Waals surface area contributed by atoms with E-state index in [1.54, 1.807) is 12.1 Å². The molecular formula is C17H21FO2. The summed E-state index contributed by atoms with van der Waals surface area (Å²) in [7, 11) is 0. The highest BCUT2D eigenvalue weighted by Gasteiger charge is 2.57. The van der Waals surface area contributed by atoms with Gasteiger partial charge >= 0.3 is 0 Å². The van der Waals surface area contributed by atoms with Crippen molar-refractivity contribution in [3.63, 3.8) is 0 Å². The van der Waals surface area contributed by atoms with Crippen molar-refractivity contribution in [3.05, 3.63) is 47.8 Å². The molecular weight excluding hydrogens is 255 g/mol. The zero-order chi connectivity index (χ0) is 14.4. The predicted octanol–water partition coefficient (Wildman–Crippen LogP) is 3.85. The molecule has 108 valence electrons. The zero-order valence-corrected chi connectivity index (χ0v) is 12.2. The van der Waals surface area contributed by atoms with E-state index >= 15 is 0 Å². The minimum atomic E-state index is -0.379. The van der Waals surface area contributed by atoms with Gasteiger partial charge in [-0.15, -0.1) is 0 Å². The van der Waals surface area contributed by atoms with Crippen molar-refractivity contribution in [2.24, 2.45) is 5.92 Å². The van der Waals surface area contributed by atoms with Crippen molar-refractivity contribution < 1.29 is 13.9 Å². The minimum Gasteiger partial charge on any atom is -0.370 e. The third kappa shape index (κ3) is 2.09. The Morgan fingerprint density at radius 1 is 1.35 bits per heavy atom. The van der Waals surface area contributed by atoms with E-state index in [1.165, 1.54) is 6.07 Å². The molecule has 2 bridgehead atoms. The first-order valence-corrected chi connectivity index (χ1v) is 7.21. The van der Waals surface area contributed by atoms with Crippen molar-refractivity contribution in [2.75, 3.05) is 0 Å². The van der Waals surface area contributed by atoms with Crippen molar-refractivity contribution in [2.45, 2.75) is 51.1 Å². The summed E-state index contributed by atoms with van der Waals surface area (Å²) in [5.74, 6) is 0.193. The average Bonchev–Trinajstić information content (AvgIpc) is 2.90. The number of ether oxygens (including phenoxy) is 2. The predicted molar refractivity (Wildman–Crippen MR) is 75.8 cm³/mol. The lowest BCUT2D eigenvalue weighted by Crippen LogP contribution is -2.35. The molecule has 3 atom stereocenters. The number of fused-ring (bicyclic) bond motifs is 2. The Hall–Kier alpha value is -1.19. The molecule has 3 rings (SSSR count). The maximum Gasteiger partial charge on any atom is 0.128 e. The molecule has 2 aliphatic heterocycles. The molecule has 0 N–H and O–H groups in total. The van der Waals surface area contributed by atoms with E-state index in [2.05, 4.69) is 26.0 Å². The standard InChI is InChI=1S/C17H21FO2/c1-12(2)17-9-8-16(3,20-17)15(10-17)19-11-13-6-4-5-7-14(13)18/h4-9,12,15H,10-11H2,1-3H3/t15-,16+,17-/m0/s1. The molecule has 1 aromatic rings. The topological polar surface area (TPSA) is 18.5 Å². The van der Waals surface area contributed by atoms with E-state index in [0.29, 0.717) is 11.5 Å². The maximum atomic E-state index is 13.6. The van der Waals surface area contributed by atoms with Gasteiger partial charge in [-0.05, 0) is 18.9 Å². The molecule has 0 unspecified atom stereocenters. The van der Waals surface area contributed by atoms with Crippen LogP contribution in [-0.2, 0) is 16.1 Å². The van der Waals surface area contributed by atoms with Gasteiger partial charge in [0.1, 0.15) is 11.4 Å². The van der Waals surface area contributed by atoms with Crippen LogP contribution >= 0.6 is 0 Å². The molecule has 0 aliphatic carbocycles. The number of benzene rings is 1. The van der Waals surface area contributed by atoms with E-state index in [9.17, 15) is 4.39 Å². The van der Waals surface area contributed by atoms with Crippen LogP contribution < -0.4 is 0 Å². The van der Waals surface area contributed by atoms with Gasteiger partial charge in [0, 0.05) is 12.0 Å². The third-order valence-electron chi connectivity index (χ3n) is 4.63. The second-order valence-electron chi connectivity index (χ2n) is 6.32. The van der Waals surface area contributed by atoms with Crippen LogP contribution in [0.1, 0.15) is 32.8 Å². The summed E-state index contributed by atoms with van der Waals surface area (Å²) in [6.45, 7) is 6.66. The average molecular weight is 276 g/mol. The highest BCUT2D eigenvalue weighted by molar-refractivity contribution is 5.27. The van der Waals surface area contributed by atoms with Crippen molar-refractivity contribution >= 4 is 0 Å². The molecule has 0 spiro atoms. The lowest BCUT2D eigenvalue weighted by molar-refractivity contribution is -0.0823. The minimum absolute atomic E-state index is 0.0190. The van der Waals surface area contributed by atoms with Crippen LogP contribution in [0.4, 0.5) is 4.39 Å². The molecule has 2 nitrogen and oxygen atoms in total. The molecule has 2 heterocycles. The van der Waals surface area contributed by atoms with Crippen LogP contribution in [0.25, 0.3) is 0 Å². The van der Waals surface area contributed by atoms with Gasteiger partial charge in [0.2, 0.25) is 0 Å². The summed E-state index contributed by atoms with van der Waals surface area (Å²) in [4.78, 5) is 0. The molecule has 1 aromatic carbocycles. The molecule has 0 saturated carbocycles. The second kappa shape index (κ2) is 4.68. The first-order chi connectivity index (χ1) is 9.45. The molecule has 20 heavy (non-hydrogen) atoms. The first kappa shape index (κ1) is 13.8. The van der Waals surface area contributed by atoms with Gasteiger partial charge in [0.15, 0.2) is 0 Å². The Morgan fingerprint density at radius 3 is 2.75 bits per heavy atom. The fourth-order valence-electron chi connectivity index (χ4n) is 3.14. The van der Waals surface area contributed by atoms with Gasteiger partial charge in [-0.3, -0.25) is 0 Å². The number of hydrogen-bond donors (Lipinski definition) is 0. The van der Waals surface area contributed by atoms with Crippen molar-refractivity contribution in [3.8, 4) is 0 Å². The van der Waals surface area contributed by atoms with E-state index in [-0.39, 0.29) is 29.7 Å². The molecule has 2 aliphatic rings. The summed E-state index contributed by atoms with van der Waals surface area (Å²) in [6.07, 6.45) is 5.09. The van der Waals surface area contributed by atoms with Crippen LogP contribution in [0.15, 0.2) is 36.4 Å². The van der Waals surface area contributed by atoms with Crippen LogP contribution in [0.5, 0.6) is 0 Å². The lowest BCUT2D eigenvalue weighted by atomic mass is 9.81.